The summed E-state index contributed by atoms with van der Waals surface area (Å²) in [6.45, 7) is 13.8. The van der Waals surface area contributed by atoms with Crippen LogP contribution < -0.4 is 5.32 Å². The van der Waals surface area contributed by atoms with E-state index in [1.54, 1.807) is 0 Å². The second-order valence-corrected chi connectivity index (χ2v) is 15.5. The molecule has 5 heteroatoms. The largest absolute Gasteiger partial charge is 0.481 e. The predicted molar refractivity (Wildman–Crippen MR) is 171 cm³/mol. The lowest BCUT2D eigenvalue weighted by atomic mass is 9.57. The van der Waals surface area contributed by atoms with E-state index in [1.807, 2.05) is 0 Å². The van der Waals surface area contributed by atoms with Gasteiger partial charge in [0.15, 0.2) is 0 Å². The zero-order valence-corrected chi connectivity index (χ0v) is 27.3. The Kier molecular flexibility index (Phi) is 8.22. The summed E-state index contributed by atoms with van der Waals surface area (Å²) in [5.41, 5.74) is 6.61. The molecule has 42 heavy (non-hydrogen) atoms. The monoisotopic (exact) mass is 574 g/mol. The molecule has 0 spiro atoms. The summed E-state index contributed by atoms with van der Waals surface area (Å²) in [5.74, 6) is -0.0964. The second kappa shape index (κ2) is 11.2. The quantitative estimate of drug-likeness (QED) is 0.282. The number of aromatic nitrogens is 1. The molecule has 4 saturated carbocycles. The summed E-state index contributed by atoms with van der Waals surface area (Å²) in [6.07, 6.45) is 12.4. The number of carboxylic acid groups (broad SMARTS) is 1. The van der Waals surface area contributed by atoms with E-state index in [2.05, 4.69) is 82.7 Å². The Balaban J connectivity index is 1.53. The minimum absolute atomic E-state index is 0.0160. The summed E-state index contributed by atoms with van der Waals surface area (Å²) in [7, 11) is 2.08. The smallest absolute Gasteiger partial charge is 0.309 e. The van der Waals surface area contributed by atoms with Gasteiger partial charge in [0.2, 0.25) is 0 Å². The highest BCUT2D eigenvalue weighted by molar-refractivity contribution is 5.95. The van der Waals surface area contributed by atoms with Gasteiger partial charge >= 0.3 is 5.97 Å². The average Bonchev–Trinajstić information content (AvgIpc) is 3.63. The number of nitrogens with zero attached hydrogens (tertiary/aromatic N) is 1. The Hall–Kier alpha value is -2.56. The Morgan fingerprint density at radius 2 is 1.62 bits per heavy atom. The van der Waals surface area contributed by atoms with Crippen LogP contribution in [0.1, 0.15) is 146 Å². The van der Waals surface area contributed by atoms with Crippen molar-refractivity contribution in [2.45, 2.75) is 141 Å². The average molecular weight is 575 g/mol. The zero-order chi connectivity index (χ0) is 30.5. The number of hydrogen-bond acceptors (Lipinski definition) is 2. The zero-order valence-electron chi connectivity index (χ0n) is 27.3. The van der Waals surface area contributed by atoms with E-state index in [1.165, 1.54) is 60.1 Å². The number of rotatable bonds is 11. The maximum Gasteiger partial charge on any atom is 0.309 e. The van der Waals surface area contributed by atoms with E-state index in [9.17, 15) is 14.7 Å². The fraction of sp³-hybridized carbons (Fsp3) is 0.676. The molecule has 4 fully saturated rings. The topological polar surface area (TPSA) is 71.3 Å². The van der Waals surface area contributed by atoms with Crippen LogP contribution in [0.3, 0.4) is 0 Å². The molecule has 2 bridgehead atoms. The highest BCUT2D eigenvalue weighted by Crippen LogP contribution is 2.53. The third kappa shape index (κ3) is 5.82. The summed E-state index contributed by atoms with van der Waals surface area (Å²) in [5, 5.41) is 13.3. The first-order valence-electron chi connectivity index (χ1n) is 16.7. The Bertz CT molecular complexity index is 1290. The molecule has 2 aromatic rings. The molecule has 4 aliphatic rings. The van der Waals surface area contributed by atoms with Crippen LogP contribution in [0.15, 0.2) is 24.3 Å². The van der Waals surface area contributed by atoms with Crippen molar-refractivity contribution in [3.63, 3.8) is 0 Å². The van der Waals surface area contributed by atoms with E-state index < -0.39 is 11.4 Å². The van der Waals surface area contributed by atoms with Gasteiger partial charge < -0.3 is 15.0 Å². The first-order chi connectivity index (χ1) is 19.7. The number of nitrogens with one attached hydrogen (secondary N) is 1. The normalized spacial score (nSPS) is 25.3. The highest BCUT2D eigenvalue weighted by Gasteiger charge is 2.53. The summed E-state index contributed by atoms with van der Waals surface area (Å²) >= 11 is 0. The number of carboxylic acids is 1. The Labute approximate surface area is 253 Å². The number of fused-ring (bicyclic) bond motifs is 3. The van der Waals surface area contributed by atoms with E-state index in [-0.39, 0.29) is 22.3 Å². The fourth-order valence-corrected chi connectivity index (χ4v) is 7.61. The molecule has 1 atom stereocenters. The minimum atomic E-state index is -0.663. The first-order valence-corrected chi connectivity index (χ1v) is 16.7. The van der Waals surface area contributed by atoms with Crippen LogP contribution in [0, 0.1) is 11.3 Å². The summed E-state index contributed by atoms with van der Waals surface area (Å²) < 4.78 is 2.17. The standard InChI is InChI=1S/C37H54N2O3/c1-8-10-11-25(9-2)20-30-29(26-21-27(34(3,4)5)23-28(22-26)35(6)12-13-35)24-31(39(30)7)32(40)38-37-17-14-36(15-18-37,16-19-37)33(41)42/h21-25H,8-20H2,1-7H3,(H,38,40)(H,41,42). The van der Waals surface area contributed by atoms with Gasteiger partial charge in [-0.25, -0.2) is 0 Å². The van der Waals surface area contributed by atoms with Crippen LogP contribution in [-0.4, -0.2) is 27.1 Å². The van der Waals surface area contributed by atoms with Crippen molar-refractivity contribution in [2.75, 3.05) is 0 Å². The van der Waals surface area contributed by atoms with E-state index >= 15 is 0 Å². The van der Waals surface area contributed by atoms with E-state index in [4.69, 9.17) is 0 Å². The summed E-state index contributed by atoms with van der Waals surface area (Å²) in [6, 6.07) is 9.35. The van der Waals surface area contributed by atoms with Crippen molar-refractivity contribution in [1.29, 1.82) is 0 Å². The molecule has 1 heterocycles. The molecule has 6 rings (SSSR count). The van der Waals surface area contributed by atoms with Gasteiger partial charge in [0.1, 0.15) is 5.69 Å². The molecule has 0 saturated heterocycles. The van der Waals surface area contributed by atoms with Crippen LogP contribution in [0.4, 0.5) is 0 Å². The van der Waals surface area contributed by atoms with Crippen molar-refractivity contribution in [3.05, 3.63) is 46.8 Å². The number of aliphatic carboxylic acids is 1. The predicted octanol–water partition coefficient (Wildman–Crippen LogP) is 8.71. The van der Waals surface area contributed by atoms with Gasteiger partial charge in [0.25, 0.3) is 5.91 Å². The Morgan fingerprint density at radius 1 is 0.976 bits per heavy atom. The minimum Gasteiger partial charge on any atom is -0.481 e. The molecule has 4 aliphatic carbocycles. The molecule has 2 N–H and O–H groups in total. The van der Waals surface area contributed by atoms with Crippen molar-refractivity contribution in [3.8, 4) is 11.1 Å². The lowest BCUT2D eigenvalue weighted by Gasteiger charge is -2.51. The molecule has 1 aromatic heterocycles. The molecular weight excluding hydrogens is 520 g/mol. The molecule has 5 nitrogen and oxygen atoms in total. The number of carbonyl (C=O) groups is 2. The van der Waals surface area contributed by atoms with Crippen LogP contribution in [0.2, 0.25) is 0 Å². The maximum absolute atomic E-state index is 14.1. The number of unbranched alkanes of at least 4 members (excludes halogenated alkanes) is 1. The highest BCUT2D eigenvalue weighted by atomic mass is 16.4. The molecule has 0 radical (unpaired) electrons. The van der Waals surface area contributed by atoms with Gasteiger partial charge in [-0.15, -0.1) is 0 Å². The van der Waals surface area contributed by atoms with Gasteiger partial charge in [-0.05, 0) is 97.3 Å². The van der Waals surface area contributed by atoms with Gasteiger partial charge in [-0.3, -0.25) is 9.59 Å². The molecule has 1 unspecified atom stereocenters. The molecule has 1 aromatic carbocycles. The summed E-state index contributed by atoms with van der Waals surface area (Å²) in [4.78, 5) is 26.0. The first kappa shape index (κ1) is 30.9. The van der Waals surface area contributed by atoms with Crippen molar-refractivity contribution >= 4 is 11.9 Å². The van der Waals surface area contributed by atoms with Gasteiger partial charge in [-0.1, -0.05) is 85.4 Å². The van der Waals surface area contributed by atoms with Gasteiger partial charge in [-0.2, -0.15) is 0 Å². The SMILES string of the molecule is CCCCC(CC)Cc1c(-c2cc(C(C)(C)C)cc(C3(C)CC3)c2)cc(C(=O)NC23CCC(C(=O)O)(CC2)CC3)n1C. The molecule has 0 aliphatic heterocycles. The van der Waals surface area contributed by atoms with Crippen LogP contribution in [0.25, 0.3) is 11.1 Å². The maximum atomic E-state index is 14.1. The van der Waals surface area contributed by atoms with E-state index in [0.29, 0.717) is 25.2 Å². The lowest BCUT2D eigenvalue weighted by molar-refractivity contribution is -0.156. The van der Waals surface area contributed by atoms with Crippen molar-refractivity contribution in [1.82, 2.24) is 9.88 Å². The van der Waals surface area contributed by atoms with Crippen LogP contribution in [0.5, 0.6) is 0 Å². The van der Waals surface area contributed by atoms with E-state index in [0.717, 1.165) is 37.8 Å². The molecule has 230 valence electrons. The van der Waals surface area contributed by atoms with Crippen LogP contribution in [-0.2, 0) is 29.1 Å². The molecular formula is C37H54N2O3. The Morgan fingerprint density at radius 3 is 2.14 bits per heavy atom. The number of benzene rings is 1. The second-order valence-electron chi connectivity index (χ2n) is 15.5. The van der Waals surface area contributed by atoms with Gasteiger partial charge in [0, 0.05) is 23.8 Å². The third-order valence-corrected chi connectivity index (χ3v) is 11.5. The lowest BCUT2D eigenvalue weighted by Crippen LogP contribution is -2.58. The van der Waals surface area contributed by atoms with Crippen LogP contribution >= 0.6 is 0 Å². The van der Waals surface area contributed by atoms with Gasteiger partial charge in [0.05, 0.1) is 5.41 Å². The number of carbonyl (C=O) groups excluding carboxylic acids is 1. The van der Waals surface area contributed by atoms with Crippen molar-refractivity contribution in [2.24, 2.45) is 18.4 Å². The number of amides is 1. The number of hydrogen-bond donors (Lipinski definition) is 2. The molecule has 1 amide bonds. The third-order valence-electron chi connectivity index (χ3n) is 11.5. The van der Waals surface area contributed by atoms with Crippen molar-refractivity contribution < 1.29 is 14.7 Å². The fourth-order valence-electron chi connectivity index (χ4n) is 7.61.